The molecule has 0 radical (unpaired) electrons. The van der Waals surface area contributed by atoms with Crippen LogP contribution in [-0.4, -0.2) is 4.98 Å². The van der Waals surface area contributed by atoms with E-state index in [1.165, 1.54) is 12.1 Å². The fourth-order valence-corrected chi connectivity index (χ4v) is 2.29. The van der Waals surface area contributed by atoms with Crippen LogP contribution in [0.4, 0.5) is 13.2 Å². The molecule has 0 aliphatic rings. The Kier molecular flexibility index (Phi) is 2.49. The molecule has 0 unspecified atom stereocenters. The highest BCUT2D eigenvalue weighted by Gasteiger charge is 2.30. The third-order valence-corrected chi connectivity index (χ3v) is 3.22. The molecule has 1 heterocycles. The van der Waals surface area contributed by atoms with E-state index in [-0.39, 0.29) is 0 Å². The number of hydrogen-bond acceptors (Lipinski definition) is 1. The van der Waals surface area contributed by atoms with Gasteiger partial charge in [0, 0.05) is 16.5 Å². The first-order chi connectivity index (χ1) is 8.97. The minimum absolute atomic E-state index is 0.550. The van der Waals surface area contributed by atoms with Crippen molar-refractivity contribution in [3.05, 3.63) is 53.7 Å². The van der Waals surface area contributed by atoms with Crippen LogP contribution in [0.1, 0.15) is 11.3 Å². The molecule has 0 spiro atoms. The van der Waals surface area contributed by atoms with Crippen LogP contribution >= 0.6 is 0 Å². The SMILES string of the molecule is Cc1nc2ccccc2c2ccc(C(F)(F)F)cc12. The number of aryl methyl sites for hydroxylation is 1. The maximum atomic E-state index is 12.7. The van der Waals surface area contributed by atoms with Gasteiger partial charge in [-0.05, 0) is 30.5 Å². The Bertz CT molecular complexity index is 775. The van der Waals surface area contributed by atoms with Gasteiger partial charge < -0.3 is 0 Å². The Labute approximate surface area is 107 Å². The monoisotopic (exact) mass is 261 g/mol. The molecule has 0 amide bonds. The zero-order chi connectivity index (χ0) is 13.6. The highest BCUT2D eigenvalue weighted by Crippen LogP contribution is 2.34. The van der Waals surface area contributed by atoms with E-state index in [1.54, 1.807) is 6.92 Å². The van der Waals surface area contributed by atoms with Crippen molar-refractivity contribution in [3.8, 4) is 0 Å². The number of benzene rings is 2. The minimum atomic E-state index is -4.33. The third-order valence-electron chi connectivity index (χ3n) is 3.22. The second-order valence-electron chi connectivity index (χ2n) is 4.47. The Balaban J connectivity index is 2.42. The van der Waals surface area contributed by atoms with Crippen LogP contribution in [0, 0.1) is 6.92 Å². The lowest BCUT2D eigenvalue weighted by molar-refractivity contribution is -0.137. The van der Waals surface area contributed by atoms with Crippen molar-refractivity contribution in [2.24, 2.45) is 0 Å². The minimum Gasteiger partial charge on any atom is -0.252 e. The van der Waals surface area contributed by atoms with E-state index >= 15 is 0 Å². The Morgan fingerprint density at radius 1 is 0.895 bits per heavy atom. The fourth-order valence-electron chi connectivity index (χ4n) is 2.29. The van der Waals surface area contributed by atoms with Gasteiger partial charge in [0.1, 0.15) is 0 Å². The predicted molar refractivity (Wildman–Crippen MR) is 69.0 cm³/mol. The summed E-state index contributed by atoms with van der Waals surface area (Å²) in [4.78, 5) is 4.36. The molecular formula is C15H10F3N. The van der Waals surface area contributed by atoms with Crippen LogP contribution in [-0.2, 0) is 6.18 Å². The van der Waals surface area contributed by atoms with Crippen LogP contribution in [0.2, 0.25) is 0 Å². The summed E-state index contributed by atoms with van der Waals surface area (Å²) < 4.78 is 38.2. The molecule has 0 saturated heterocycles. The summed E-state index contributed by atoms with van der Waals surface area (Å²) in [5.41, 5.74) is 0.771. The maximum absolute atomic E-state index is 12.7. The number of nitrogens with zero attached hydrogens (tertiary/aromatic N) is 1. The standard InChI is InChI=1S/C15H10F3N/c1-9-13-8-10(15(16,17)18)6-7-11(13)12-4-2-3-5-14(12)19-9/h2-8H,1H3. The molecule has 2 aromatic carbocycles. The van der Waals surface area contributed by atoms with E-state index in [1.807, 2.05) is 24.3 Å². The predicted octanol–water partition coefficient (Wildman–Crippen LogP) is 4.72. The van der Waals surface area contributed by atoms with E-state index < -0.39 is 11.7 Å². The average Bonchev–Trinajstić information content (AvgIpc) is 2.37. The molecule has 1 nitrogen and oxygen atoms in total. The number of para-hydroxylation sites is 1. The first-order valence-corrected chi connectivity index (χ1v) is 5.83. The van der Waals surface area contributed by atoms with Gasteiger partial charge in [-0.1, -0.05) is 24.3 Å². The van der Waals surface area contributed by atoms with Gasteiger partial charge in [-0.25, -0.2) is 0 Å². The molecule has 96 valence electrons. The van der Waals surface area contributed by atoms with Crippen molar-refractivity contribution in [2.45, 2.75) is 13.1 Å². The second kappa shape index (κ2) is 3.95. The van der Waals surface area contributed by atoms with Crippen molar-refractivity contribution in [1.82, 2.24) is 4.98 Å². The number of halogens is 3. The molecular weight excluding hydrogens is 251 g/mol. The van der Waals surface area contributed by atoms with Gasteiger partial charge in [0.05, 0.1) is 11.1 Å². The largest absolute Gasteiger partial charge is 0.416 e. The maximum Gasteiger partial charge on any atom is 0.416 e. The fraction of sp³-hybridized carbons (Fsp3) is 0.133. The van der Waals surface area contributed by atoms with Crippen molar-refractivity contribution >= 4 is 21.7 Å². The summed E-state index contributed by atoms with van der Waals surface area (Å²) in [5, 5.41) is 2.22. The number of fused-ring (bicyclic) bond motifs is 3. The third kappa shape index (κ3) is 1.93. The van der Waals surface area contributed by atoms with E-state index in [4.69, 9.17) is 0 Å². The number of aromatic nitrogens is 1. The molecule has 0 fully saturated rings. The first-order valence-electron chi connectivity index (χ1n) is 5.83. The summed E-state index contributed by atoms with van der Waals surface area (Å²) in [6.45, 7) is 1.73. The molecule has 0 N–H and O–H groups in total. The molecule has 19 heavy (non-hydrogen) atoms. The Morgan fingerprint density at radius 2 is 1.63 bits per heavy atom. The van der Waals surface area contributed by atoms with Gasteiger partial charge in [-0.15, -0.1) is 0 Å². The number of rotatable bonds is 0. The van der Waals surface area contributed by atoms with Gasteiger partial charge in [-0.3, -0.25) is 4.98 Å². The van der Waals surface area contributed by atoms with E-state index in [2.05, 4.69) is 4.98 Å². The summed E-state index contributed by atoms with van der Waals surface area (Å²) in [5.74, 6) is 0. The molecule has 0 bridgehead atoms. The normalized spacial score (nSPS) is 12.2. The van der Waals surface area contributed by atoms with Crippen molar-refractivity contribution in [2.75, 3.05) is 0 Å². The summed E-state index contributed by atoms with van der Waals surface area (Å²) in [6.07, 6.45) is -4.33. The number of hydrogen-bond donors (Lipinski definition) is 0. The number of alkyl halides is 3. The van der Waals surface area contributed by atoms with Crippen LogP contribution in [0.3, 0.4) is 0 Å². The first kappa shape index (κ1) is 12.0. The summed E-state index contributed by atoms with van der Waals surface area (Å²) in [7, 11) is 0. The lowest BCUT2D eigenvalue weighted by atomic mass is 10.0. The molecule has 3 rings (SSSR count). The molecule has 1 aromatic heterocycles. The lowest BCUT2D eigenvalue weighted by Gasteiger charge is -2.10. The van der Waals surface area contributed by atoms with Gasteiger partial charge >= 0.3 is 6.18 Å². The molecule has 4 heteroatoms. The van der Waals surface area contributed by atoms with E-state index in [9.17, 15) is 13.2 Å². The highest BCUT2D eigenvalue weighted by molar-refractivity contribution is 6.06. The molecule has 0 aliphatic carbocycles. The topological polar surface area (TPSA) is 12.9 Å². The smallest absolute Gasteiger partial charge is 0.252 e. The zero-order valence-corrected chi connectivity index (χ0v) is 10.1. The quantitative estimate of drug-likeness (QED) is 0.534. The highest BCUT2D eigenvalue weighted by atomic mass is 19.4. The Morgan fingerprint density at radius 3 is 2.37 bits per heavy atom. The molecule has 0 saturated carbocycles. The van der Waals surface area contributed by atoms with Crippen LogP contribution in [0.15, 0.2) is 42.5 Å². The van der Waals surface area contributed by atoms with Crippen LogP contribution in [0.5, 0.6) is 0 Å². The zero-order valence-electron chi connectivity index (χ0n) is 10.1. The van der Waals surface area contributed by atoms with Gasteiger partial charge in [-0.2, -0.15) is 13.2 Å². The average molecular weight is 261 g/mol. The van der Waals surface area contributed by atoms with Crippen LogP contribution in [0.25, 0.3) is 21.7 Å². The van der Waals surface area contributed by atoms with E-state index in [0.717, 1.165) is 22.4 Å². The van der Waals surface area contributed by atoms with Gasteiger partial charge in [0.2, 0.25) is 0 Å². The molecule has 0 aliphatic heterocycles. The van der Waals surface area contributed by atoms with Crippen molar-refractivity contribution < 1.29 is 13.2 Å². The van der Waals surface area contributed by atoms with Gasteiger partial charge in [0.15, 0.2) is 0 Å². The van der Waals surface area contributed by atoms with E-state index in [0.29, 0.717) is 11.1 Å². The molecule has 0 atom stereocenters. The number of pyridine rings is 1. The second-order valence-corrected chi connectivity index (χ2v) is 4.47. The molecule has 3 aromatic rings. The summed E-state index contributed by atoms with van der Waals surface area (Å²) in [6, 6.07) is 11.3. The lowest BCUT2D eigenvalue weighted by Crippen LogP contribution is -2.04. The summed E-state index contributed by atoms with van der Waals surface area (Å²) >= 11 is 0. The van der Waals surface area contributed by atoms with Crippen LogP contribution < -0.4 is 0 Å². The van der Waals surface area contributed by atoms with Crippen molar-refractivity contribution in [3.63, 3.8) is 0 Å². The van der Waals surface area contributed by atoms with Gasteiger partial charge in [0.25, 0.3) is 0 Å². The Hall–Kier alpha value is -2.10. The van der Waals surface area contributed by atoms with Crippen molar-refractivity contribution in [1.29, 1.82) is 0 Å².